The van der Waals surface area contributed by atoms with Gasteiger partial charge < -0.3 is 4.57 Å². The topological polar surface area (TPSA) is 51.0 Å². The molecule has 0 atom stereocenters. The van der Waals surface area contributed by atoms with Gasteiger partial charge in [0.15, 0.2) is 0 Å². The van der Waals surface area contributed by atoms with E-state index in [4.69, 9.17) is 0 Å². The number of fused-ring (bicyclic) bond motifs is 1. The first-order chi connectivity index (χ1) is 10.7. The third kappa shape index (κ3) is 2.02. The van der Waals surface area contributed by atoms with Crippen LogP contribution in [0.3, 0.4) is 0 Å². The molecule has 1 aliphatic rings. The van der Waals surface area contributed by atoms with Gasteiger partial charge >= 0.3 is 0 Å². The Balaban J connectivity index is 1.73. The fourth-order valence-electron chi connectivity index (χ4n) is 2.74. The number of carbonyl (C=O) groups is 1. The zero-order valence-corrected chi connectivity index (χ0v) is 13.3. The van der Waals surface area contributed by atoms with Crippen LogP contribution in [0.15, 0.2) is 29.8 Å². The lowest BCUT2D eigenvalue weighted by molar-refractivity contribution is 0.0994. The Bertz CT molecular complexity index is 862. The maximum atomic E-state index is 12.8. The Hall–Kier alpha value is -2.21. The number of benzene rings is 1. The van der Waals surface area contributed by atoms with Gasteiger partial charge in [0.2, 0.25) is 5.95 Å². The van der Waals surface area contributed by atoms with Gasteiger partial charge in [0, 0.05) is 20.0 Å². The number of hydrogen-bond donors (Lipinski definition) is 0. The van der Waals surface area contributed by atoms with E-state index in [0.717, 1.165) is 34.4 Å². The van der Waals surface area contributed by atoms with E-state index < -0.39 is 0 Å². The van der Waals surface area contributed by atoms with Gasteiger partial charge in [0.05, 0.1) is 22.2 Å². The standard InChI is InChI=1S/C16H16N4OS/c1-19-12-6-4-3-5-11(12)18-16(19)20(2)15(21)14-13(10-7-8-10)17-9-22-14/h3-6,9-10H,7-8H2,1-2H3. The predicted octanol–water partition coefficient (Wildman–Crippen LogP) is 3.18. The Morgan fingerprint density at radius 3 is 2.86 bits per heavy atom. The summed E-state index contributed by atoms with van der Waals surface area (Å²) in [5.41, 5.74) is 4.64. The van der Waals surface area contributed by atoms with E-state index in [-0.39, 0.29) is 5.91 Å². The molecule has 22 heavy (non-hydrogen) atoms. The smallest absolute Gasteiger partial charge is 0.272 e. The summed E-state index contributed by atoms with van der Waals surface area (Å²) in [6.07, 6.45) is 2.28. The molecule has 1 fully saturated rings. The van der Waals surface area contributed by atoms with Crippen molar-refractivity contribution >= 4 is 34.2 Å². The minimum Gasteiger partial charge on any atom is -0.313 e. The SMILES string of the molecule is CN(C(=O)c1scnc1C1CC1)c1nc2ccccc2n1C. The molecule has 2 heterocycles. The zero-order chi connectivity index (χ0) is 15.3. The molecule has 0 N–H and O–H groups in total. The highest BCUT2D eigenvalue weighted by atomic mass is 32.1. The fourth-order valence-corrected chi connectivity index (χ4v) is 3.59. The van der Waals surface area contributed by atoms with E-state index in [0.29, 0.717) is 11.9 Å². The molecule has 2 aromatic heterocycles. The lowest BCUT2D eigenvalue weighted by Crippen LogP contribution is -2.28. The molecular weight excluding hydrogens is 296 g/mol. The van der Waals surface area contributed by atoms with Crippen LogP contribution in [0.1, 0.15) is 34.1 Å². The number of amides is 1. The molecule has 0 aliphatic heterocycles. The van der Waals surface area contributed by atoms with Crippen LogP contribution in [0.25, 0.3) is 11.0 Å². The van der Waals surface area contributed by atoms with Gasteiger partial charge in [0.1, 0.15) is 4.88 Å². The van der Waals surface area contributed by atoms with Crippen molar-refractivity contribution in [2.75, 3.05) is 11.9 Å². The summed E-state index contributed by atoms with van der Waals surface area (Å²) >= 11 is 1.42. The summed E-state index contributed by atoms with van der Waals surface area (Å²) in [4.78, 5) is 24.2. The molecule has 6 heteroatoms. The number of thiazole rings is 1. The average molecular weight is 312 g/mol. The lowest BCUT2D eigenvalue weighted by atomic mass is 10.2. The maximum absolute atomic E-state index is 12.8. The third-order valence-electron chi connectivity index (χ3n) is 4.12. The van der Waals surface area contributed by atoms with Crippen LogP contribution in [0.2, 0.25) is 0 Å². The largest absolute Gasteiger partial charge is 0.313 e. The second-order valence-corrected chi connectivity index (χ2v) is 6.52. The molecule has 3 aromatic rings. The number of rotatable bonds is 3. The summed E-state index contributed by atoms with van der Waals surface area (Å²) in [6, 6.07) is 7.89. The summed E-state index contributed by atoms with van der Waals surface area (Å²) in [7, 11) is 3.71. The molecule has 1 aliphatic carbocycles. The normalized spacial score (nSPS) is 14.5. The molecule has 4 rings (SSSR count). The summed E-state index contributed by atoms with van der Waals surface area (Å²) in [5.74, 6) is 1.10. The molecule has 112 valence electrons. The molecule has 0 saturated heterocycles. The minimum atomic E-state index is -0.0252. The molecule has 0 unspecified atom stereocenters. The van der Waals surface area contributed by atoms with E-state index in [9.17, 15) is 4.79 Å². The van der Waals surface area contributed by atoms with Gasteiger partial charge in [0.25, 0.3) is 5.91 Å². The van der Waals surface area contributed by atoms with Crippen molar-refractivity contribution < 1.29 is 4.79 Å². The van der Waals surface area contributed by atoms with Gasteiger partial charge in [-0.05, 0) is 25.0 Å². The van der Waals surface area contributed by atoms with Crippen LogP contribution in [-0.4, -0.2) is 27.5 Å². The average Bonchev–Trinajstić information content (AvgIpc) is 3.17. The van der Waals surface area contributed by atoms with E-state index in [1.54, 1.807) is 17.5 Å². The van der Waals surface area contributed by atoms with Crippen molar-refractivity contribution in [2.45, 2.75) is 18.8 Å². The first-order valence-corrected chi connectivity index (χ1v) is 8.17. The molecule has 1 aromatic carbocycles. The first kappa shape index (κ1) is 13.5. The number of imidazole rings is 1. The van der Waals surface area contributed by atoms with E-state index >= 15 is 0 Å². The Kier molecular flexibility index (Phi) is 3.00. The Morgan fingerprint density at radius 1 is 1.36 bits per heavy atom. The van der Waals surface area contributed by atoms with Gasteiger partial charge in [-0.15, -0.1) is 11.3 Å². The van der Waals surface area contributed by atoms with Crippen molar-refractivity contribution in [3.63, 3.8) is 0 Å². The zero-order valence-electron chi connectivity index (χ0n) is 12.5. The number of aromatic nitrogens is 3. The summed E-state index contributed by atoms with van der Waals surface area (Å²) < 4.78 is 1.95. The predicted molar refractivity (Wildman–Crippen MR) is 87.5 cm³/mol. The second-order valence-electron chi connectivity index (χ2n) is 5.66. The summed E-state index contributed by atoms with van der Waals surface area (Å²) in [6.45, 7) is 0. The highest BCUT2D eigenvalue weighted by molar-refractivity contribution is 7.12. The molecular formula is C16H16N4OS. The molecule has 1 amide bonds. The Labute approximate surface area is 132 Å². The quantitative estimate of drug-likeness (QED) is 0.746. The van der Waals surface area contributed by atoms with E-state index in [2.05, 4.69) is 9.97 Å². The molecule has 5 nitrogen and oxygen atoms in total. The van der Waals surface area contributed by atoms with Crippen molar-refractivity contribution in [1.82, 2.24) is 14.5 Å². The lowest BCUT2D eigenvalue weighted by Gasteiger charge is -2.16. The number of hydrogen-bond acceptors (Lipinski definition) is 4. The van der Waals surface area contributed by atoms with Crippen molar-refractivity contribution in [2.24, 2.45) is 7.05 Å². The third-order valence-corrected chi connectivity index (χ3v) is 4.95. The van der Waals surface area contributed by atoms with Gasteiger partial charge in [-0.3, -0.25) is 9.69 Å². The Morgan fingerprint density at radius 2 is 2.14 bits per heavy atom. The minimum absolute atomic E-state index is 0.0252. The molecule has 0 radical (unpaired) electrons. The van der Waals surface area contributed by atoms with Crippen molar-refractivity contribution in [3.05, 3.63) is 40.3 Å². The van der Waals surface area contributed by atoms with Gasteiger partial charge in [-0.2, -0.15) is 0 Å². The monoisotopic (exact) mass is 312 g/mol. The fraction of sp³-hybridized carbons (Fsp3) is 0.312. The number of carbonyl (C=O) groups excluding carboxylic acids is 1. The van der Waals surface area contributed by atoms with Crippen molar-refractivity contribution in [1.29, 1.82) is 0 Å². The van der Waals surface area contributed by atoms with Crippen LogP contribution in [-0.2, 0) is 7.05 Å². The van der Waals surface area contributed by atoms with E-state index in [1.807, 2.05) is 35.9 Å². The van der Waals surface area contributed by atoms with E-state index in [1.165, 1.54) is 11.3 Å². The summed E-state index contributed by atoms with van der Waals surface area (Å²) in [5, 5.41) is 0. The van der Waals surface area contributed by atoms with Crippen LogP contribution >= 0.6 is 11.3 Å². The number of anilines is 1. The van der Waals surface area contributed by atoms with Crippen LogP contribution in [0, 0.1) is 0 Å². The number of aryl methyl sites for hydroxylation is 1. The molecule has 1 saturated carbocycles. The number of nitrogens with zero attached hydrogens (tertiary/aromatic N) is 4. The van der Waals surface area contributed by atoms with Crippen LogP contribution in [0.4, 0.5) is 5.95 Å². The molecule has 0 spiro atoms. The van der Waals surface area contributed by atoms with Crippen molar-refractivity contribution in [3.8, 4) is 0 Å². The molecule has 0 bridgehead atoms. The maximum Gasteiger partial charge on any atom is 0.272 e. The van der Waals surface area contributed by atoms with Gasteiger partial charge in [-0.1, -0.05) is 12.1 Å². The van der Waals surface area contributed by atoms with Gasteiger partial charge in [-0.25, -0.2) is 9.97 Å². The first-order valence-electron chi connectivity index (χ1n) is 7.29. The second kappa shape index (κ2) is 4.91. The van der Waals surface area contributed by atoms with Crippen LogP contribution in [0.5, 0.6) is 0 Å². The highest BCUT2D eigenvalue weighted by Crippen LogP contribution is 2.42. The number of para-hydroxylation sites is 2. The highest BCUT2D eigenvalue weighted by Gasteiger charge is 2.32. The van der Waals surface area contributed by atoms with Crippen LogP contribution < -0.4 is 4.90 Å².